The number of nitrogen functional groups attached to an aromatic ring is 1. The molecule has 2 aromatic rings. The van der Waals surface area contributed by atoms with Crippen molar-refractivity contribution in [1.29, 1.82) is 0 Å². The zero-order valence-corrected chi connectivity index (χ0v) is 10.5. The van der Waals surface area contributed by atoms with Gasteiger partial charge in [0, 0.05) is 0 Å². The van der Waals surface area contributed by atoms with E-state index >= 15 is 0 Å². The van der Waals surface area contributed by atoms with E-state index in [1.165, 1.54) is 0 Å². The number of hydrogen-bond acceptors (Lipinski definition) is 2. The summed E-state index contributed by atoms with van der Waals surface area (Å²) in [7, 11) is -1.08. The Hall–Kier alpha value is -1.61. The van der Waals surface area contributed by atoms with Gasteiger partial charge < -0.3 is 5.73 Å². The van der Waals surface area contributed by atoms with Gasteiger partial charge in [-0.25, -0.2) is 0 Å². The van der Waals surface area contributed by atoms with E-state index in [4.69, 9.17) is 5.73 Å². The molecule has 0 amide bonds. The number of rotatable bonds is 3. The Morgan fingerprint density at radius 1 is 1.06 bits per heavy atom. The minimum Gasteiger partial charge on any atom is -0.398 e. The van der Waals surface area contributed by atoms with Gasteiger partial charge in [-0.3, -0.25) is 4.21 Å². The molecule has 0 aliphatic rings. The van der Waals surface area contributed by atoms with Gasteiger partial charge in [-0.05, 0) is 24.1 Å². The van der Waals surface area contributed by atoms with Crippen molar-refractivity contribution >= 4 is 16.5 Å². The molecular weight excluding hydrogens is 230 g/mol. The standard InChI is InChI=1S/C14H15NOS/c1-11-6-5-9-13(14(11)15)17(16)10-12-7-3-2-4-8-12/h2-9H,10,15H2,1H3. The molecule has 2 nitrogen and oxygen atoms in total. The third-order valence-electron chi connectivity index (χ3n) is 2.67. The smallest absolute Gasteiger partial charge is 0.0623 e. The normalized spacial score (nSPS) is 12.3. The van der Waals surface area contributed by atoms with E-state index in [9.17, 15) is 4.21 Å². The Kier molecular flexibility index (Phi) is 3.59. The molecule has 1 unspecified atom stereocenters. The Balaban J connectivity index is 2.24. The van der Waals surface area contributed by atoms with Crippen molar-refractivity contribution in [2.75, 3.05) is 5.73 Å². The van der Waals surface area contributed by atoms with Gasteiger partial charge in [-0.1, -0.05) is 42.5 Å². The molecule has 0 aliphatic heterocycles. The van der Waals surface area contributed by atoms with Crippen molar-refractivity contribution in [1.82, 2.24) is 0 Å². The zero-order chi connectivity index (χ0) is 12.3. The first kappa shape index (κ1) is 11.9. The monoisotopic (exact) mass is 245 g/mol. The quantitative estimate of drug-likeness (QED) is 0.845. The van der Waals surface area contributed by atoms with Gasteiger partial charge in [-0.2, -0.15) is 0 Å². The fourth-order valence-corrected chi connectivity index (χ4v) is 2.94. The number of anilines is 1. The lowest BCUT2D eigenvalue weighted by molar-refractivity contribution is 0.683. The predicted molar refractivity (Wildman–Crippen MR) is 72.1 cm³/mol. The topological polar surface area (TPSA) is 43.1 Å². The number of aryl methyl sites for hydroxylation is 1. The molecule has 0 aromatic heterocycles. The number of para-hydroxylation sites is 1. The Labute approximate surface area is 104 Å². The van der Waals surface area contributed by atoms with Crippen LogP contribution in [0.5, 0.6) is 0 Å². The summed E-state index contributed by atoms with van der Waals surface area (Å²) in [5.41, 5.74) is 8.62. The van der Waals surface area contributed by atoms with E-state index in [-0.39, 0.29) is 0 Å². The average molecular weight is 245 g/mol. The van der Waals surface area contributed by atoms with Crippen LogP contribution in [-0.4, -0.2) is 4.21 Å². The van der Waals surface area contributed by atoms with E-state index in [0.717, 1.165) is 16.0 Å². The molecule has 0 radical (unpaired) electrons. The fraction of sp³-hybridized carbons (Fsp3) is 0.143. The highest BCUT2D eigenvalue weighted by Crippen LogP contribution is 2.22. The van der Waals surface area contributed by atoms with Crippen molar-refractivity contribution in [3.05, 3.63) is 59.7 Å². The lowest BCUT2D eigenvalue weighted by atomic mass is 10.2. The third-order valence-corrected chi connectivity index (χ3v) is 4.11. The molecule has 3 heteroatoms. The molecule has 0 aliphatic carbocycles. The highest BCUT2D eigenvalue weighted by molar-refractivity contribution is 7.84. The molecule has 0 heterocycles. The van der Waals surface area contributed by atoms with Crippen LogP contribution >= 0.6 is 0 Å². The van der Waals surface area contributed by atoms with E-state index < -0.39 is 10.8 Å². The van der Waals surface area contributed by atoms with Crippen molar-refractivity contribution < 1.29 is 4.21 Å². The summed E-state index contributed by atoms with van der Waals surface area (Å²) in [6.07, 6.45) is 0. The minimum atomic E-state index is -1.08. The lowest BCUT2D eigenvalue weighted by Gasteiger charge is -2.08. The van der Waals surface area contributed by atoms with Crippen molar-refractivity contribution in [3.8, 4) is 0 Å². The van der Waals surface area contributed by atoms with Crippen LogP contribution in [0.25, 0.3) is 0 Å². The summed E-state index contributed by atoms with van der Waals surface area (Å²) in [5, 5.41) is 0. The number of hydrogen-bond donors (Lipinski definition) is 1. The molecule has 0 bridgehead atoms. The van der Waals surface area contributed by atoms with Gasteiger partial charge in [0.2, 0.25) is 0 Å². The zero-order valence-electron chi connectivity index (χ0n) is 9.72. The first-order valence-corrected chi connectivity index (χ1v) is 6.78. The summed E-state index contributed by atoms with van der Waals surface area (Å²) in [5.74, 6) is 0.508. The van der Waals surface area contributed by atoms with E-state index in [0.29, 0.717) is 11.4 Å². The van der Waals surface area contributed by atoms with Crippen LogP contribution in [0.4, 0.5) is 5.69 Å². The Morgan fingerprint density at radius 2 is 1.76 bits per heavy atom. The molecule has 2 aromatic carbocycles. The Morgan fingerprint density at radius 3 is 2.47 bits per heavy atom. The van der Waals surface area contributed by atoms with Gasteiger partial charge in [0.15, 0.2) is 0 Å². The van der Waals surface area contributed by atoms with Gasteiger partial charge >= 0.3 is 0 Å². The SMILES string of the molecule is Cc1cccc(S(=O)Cc2ccccc2)c1N. The number of nitrogens with two attached hydrogens (primary N) is 1. The summed E-state index contributed by atoms with van der Waals surface area (Å²) in [6, 6.07) is 15.5. The van der Waals surface area contributed by atoms with E-state index in [1.807, 2.05) is 55.5 Å². The summed E-state index contributed by atoms with van der Waals surface area (Å²) in [6.45, 7) is 1.93. The van der Waals surface area contributed by atoms with Crippen LogP contribution in [0.1, 0.15) is 11.1 Å². The second kappa shape index (κ2) is 5.15. The first-order valence-electron chi connectivity index (χ1n) is 5.46. The van der Waals surface area contributed by atoms with Crippen LogP contribution in [0.3, 0.4) is 0 Å². The summed E-state index contributed by atoms with van der Waals surface area (Å²) >= 11 is 0. The maximum Gasteiger partial charge on any atom is 0.0623 e. The van der Waals surface area contributed by atoms with Gasteiger partial charge in [0.25, 0.3) is 0 Å². The van der Waals surface area contributed by atoms with Crippen molar-refractivity contribution in [2.45, 2.75) is 17.6 Å². The summed E-state index contributed by atoms with van der Waals surface area (Å²) in [4.78, 5) is 0.730. The number of benzene rings is 2. The molecule has 2 rings (SSSR count). The second-order valence-corrected chi connectivity index (χ2v) is 5.38. The average Bonchev–Trinajstić information content (AvgIpc) is 2.34. The largest absolute Gasteiger partial charge is 0.398 e. The Bertz CT molecular complexity index is 537. The van der Waals surface area contributed by atoms with Crippen LogP contribution in [0.2, 0.25) is 0 Å². The molecule has 0 saturated carbocycles. The maximum atomic E-state index is 12.2. The van der Waals surface area contributed by atoms with Gasteiger partial charge in [0.1, 0.15) is 0 Å². The lowest BCUT2D eigenvalue weighted by Crippen LogP contribution is -2.02. The summed E-state index contributed by atoms with van der Waals surface area (Å²) < 4.78 is 12.2. The maximum absolute atomic E-state index is 12.2. The van der Waals surface area contributed by atoms with E-state index in [2.05, 4.69) is 0 Å². The first-order chi connectivity index (χ1) is 8.18. The predicted octanol–water partition coefficient (Wildman–Crippen LogP) is 2.89. The molecule has 0 spiro atoms. The molecule has 88 valence electrons. The third kappa shape index (κ3) is 2.74. The molecule has 0 fully saturated rings. The highest BCUT2D eigenvalue weighted by Gasteiger charge is 2.09. The van der Waals surface area contributed by atoms with Crippen LogP contribution < -0.4 is 5.73 Å². The van der Waals surface area contributed by atoms with Crippen LogP contribution in [0, 0.1) is 6.92 Å². The van der Waals surface area contributed by atoms with Crippen molar-refractivity contribution in [2.24, 2.45) is 0 Å². The van der Waals surface area contributed by atoms with E-state index in [1.54, 1.807) is 0 Å². The fourth-order valence-electron chi connectivity index (χ4n) is 1.66. The second-order valence-electron chi connectivity index (χ2n) is 3.96. The molecule has 17 heavy (non-hydrogen) atoms. The minimum absolute atomic E-state index is 0.508. The highest BCUT2D eigenvalue weighted by atomic mass is 32.2. The van der Waals surface area contributed by atoms with Crippen LogP contribution in [0.15, 0.2) is 53.4 Å². The molecular formula is C14H15NOS. The molecule has 2 N–H and O–H groups in total. The molecule has 0 saturated heterocycles. The van der Waals surface area contributed by atoms with Gasteiger partial charge in [0.05, 0.1) is 27.1 Å². The molecule has 1 atom stereocenters. The van der Waals surface area contributed by atoms with Crippen molar-refractivity contribution in [3.63, 3.8) is 0 Å². The van der Waals surface area contributed by atoms with Gasteiger partial charge in [-0.15, -0.1) is 0 Å². The van der Waals surface area contributed by atoms with Crippen LogP contribution in [-0.2, 0) is 16.6 Å².